The zero-order valence-electron chi connectivity index (χ0n) is 20.9. The standard InChI is InChI=1S/C31H21BrFN3O4/c32-20-14-15-27(24(33)16-20)35-29(37)18-40-31(39)22-11-5-7-13-26(22)36-30(38)23-17-28(19-8-2-1-3-9-19)34-25-12-6-4-10-21(23)25/h1-17H,18H2,(H,35,37)(H,36,38). The molecule has 0 saturated heterocycles. The first-order valence-corrected chi connectivity index (χ1v) is 13.0. The monoisotopic (exact) mass is 597 g/mol. The van der Waals surface area contributed by atoms with E-state index in [1.165, 1.54) is 18.2 Å². The van der Waals surface area contributed by atoms with E-state index in [9.17, 15) is 18.8 Å². The maximum absolute atomic E-state index is 14.0. The molecule has 40 heavy (non-hydrogen) atoms. The summed E-state index contributed by atoms with van der Waals surface area (Å²) in [4.78, 5) is 43.3. The molecule has 0 aliphatic rings. The highest BCUT2D eigenvalue weighted by atomic mass is 79.9. The molecule has 5 aromatic rings. The highest BCUT2D eigenvalue weighted by Gasteiger charge is 2.19. The lowest BCUT2D eigenvalue weighted by Gasteiger charge is -2.13. The number of hydrogen-bond acceptors (Lipinski definition) is 5. The fraction of sp³-hybridized carbons (Fsp3) is 0.0323. The van der Waals surface area contributed by atoms with Crippen molar-refractivity contribution in [3.8, 4) is 11.3 Å². The Balaban J connectivity index is 1.34. The van der Waals surface area contributed by atoms with Gasteiger partial charge in [0.05, 0.1) is 33.7 Å². The summed E-state index contributed by atoms with van der Waals surface area (Å²) < 4.78 is 19.7. The third kappa shape index (κ3) is 6.05. The summed E-state index contributed by atoms with van der Waals surface area (Å²) in [5.41, 5.74) is 2.73. The quantitative estimate of drug-likeness (QED) is 0.200. The Kier molecular flexibility index (Phi) is 7.93. The summed E-state index contributed by atoms with van der Waals surface area (Å²) in [7, 11) is 0. The predicted octanol–water partition coefficient (Wildman–Crippen LogP) is 6.85. The van der Waals surface area contributed by atoms with Gasteiger partial charge in [-0.15, -0.1) is 0 Å². The minimum Gasteiger partial charge on any atom is -0.452 e. The molecule has 9 heteroatoms. The molecule has 0 bridgehead atoms. The van der Waals surface area contributed by atoms with Crippen LogP contribution in [0.3, 0.4) is 0 Å². The van der Waals surface area contributed by atoms with Gasteiger partial charge in [-0.1, -0.05) is 76.6 Å². The summed E-state index contributed by atoms with van der Waals surface area (Å²) in [6, 6.07) is 29.0. The summed E-state index contributed by atoms with van der Waals surface area (Å²) in [6.45, 7) is -0.647. The van der Waals surface area contributed by atoms with E-state index >= 15 is 0 Å². The first kappa shape index (κ1) is 26.7. The van der Waals surface area contributed by atoms with Gasteiger partial charge < -0.3 is 15.4 Å². The number of para-hydroxylation sites is 2. The smallest absolute Gasteiger partial charge is 0.340 e. The Morgan fingerprint density at radius 1 is 0.775 bits per heavy atom. The Hall–Kier alpha value is -4.89. The van der Waals surface area contributed by atoms with Crippen LogP contribution in [-0.4, -0.2) is 29.4 Å². The van der Waals surface area contributed by atoms with Crippen LogP contribution in [0.2, 0.25) is 0 Å². The molecule has 0 aliphatic heterocycles. The molecule has 0 atom stereocenters. The van der Waals surface area contributed by atoms with Gasteiger partial charge in [-0.3, -0.25) is 9.59 Å². The third-order valence-electron chi connectivity index (χ3n) is 5.97. The second-order valence-corrected chi connectivity index (χ2v) is 9.60. The lowest BCUT2D eigenvalue weighted by Crippen LogP contribution is -2.22. The van der Waals surface area contributed by atoms with Crippen molar-refractivity contribution in [3.05, 3.63) is 125 Å². The number of hydrogen-bond donors (Lipinski definition) is 2. The van der Waals surface area contributed by atoms with Crippen LogP contribution in [0.5, 0.6) is 0 Å². The van der Waals surface area contributed by atoms with Gasteiger partial charge >= 0.3 is 5.97 Å². The van der Waals surface area contributed by atoms with Crippen molar-refractivity contribution in [1.29, 1.82) is 0 Å². The van der Waals surface area contributed by atoms with Crippen molar-refractivity contribution in [2.24, 2.45) is 0 Å². The number of pyridine rings is 1. The zero-order chi connectivity index (χ0) is 28.1. The van der Waals surface area contributed by atoms with E-state index in [1.54, 1.807) is 36.4 Å². The van der Waals surface area contributed by atoms with Gasteiger partial charge in [0.15, 0.2) is 6.61 Å². The maximum atomic E-state index is 14.0. The second kappa shape index (κ2) is 11.9. The van der Waals surface area contributed by atoms with Crippen molar-refractivity contribution < 1.29 is 23.5 Å². The van der Waals surface area contributed by atoms with E-state index in [-0.39, 0.29) is 16.9 Å². The number of amides is 2. The Morgan fingerprint density at radius 3 is 2.30 bits per heavy atom. The molecule has 2 N–H and O–H groups in total. The average molecular weight is 598 g/mol. The number of carbonyl (C=O) groups is 3. The van der Waals surface area contributed by atoms with Gasteiger partial charge in [-0.2, -0.15) is 0 Å². The lowest BCUT2D eigenvalue weighted by atomic mass is 10.0. The van der Waals surface area contributed by atoms with Crippen LogP contribution in [0.4, 0.5) is 15.8 Å². The number of benzene rings is 4. The molecule has 0 aliphatic carbocycles. The molecule has 7 nitrogen and oxygen atoms in total. The molecule has 0 fully saturated rings. The first-order valence-electron chi connectivity index (χ1n) is 12.2. The van der Waals surface area contributed by atoms with E-state index in [4.69, 9.17) is 9.72 Å². The SMILES string of the molecule is O=C(COC(=O)c1ccccc1NC(=O)c1cc(-c2ccccc2)nc2ccccc12)Nc1ccc(Br)cc1F. The summed E-state index contributed by atoms with van der Waals surface area (Å²) in [5.74, 6) is -2.62. The number of aromatic nitrogens is 1. The molecule has 5 rings (SSSR count). The molecule has 1 heterocycles. The maximum Gasteiger partial charge on any atom is 0.340 e. The van der Waals surface area contributed by atoms with Crippen LogP contribution < -0.4 is 10.6 Å². The van der Waals surface area contributed by atoms with Crippen LogP contribution in [0, 0.1) is 5.82 Å². The molecule has 1 aromatic heterocycles. The van der Waals surface area contributed by atoms with Crippen LogP contribution in [0.25, 0.3) is 22.2 Å². The predicted molar refractivity (Wildman–Crippen MR) is 155 cm³/mol. The minimum absolute atomic E-state index is 0.0450. The molecule has 4 aromatic carbocycles. The number of halogens is 2. The Morgan fingerprint density at radius 2 is 1.50 bits per heavy atom. The summed E-state index contributed by atoms with van der Waals surface area (Å²) in [6.07, 6.45) is 0. The van der Waals surface area contributed by atoms with Crippen LogP contribution in [-0.2, 0) is 9.53 Å². The third-order valence-corrected chi connectivity index (χ3v) is 6.46. The molecular weight excluding hydrogens is 577 g/mol. The van der Waals surface area contributed by atoms with E-state index < -0.39 is 30.2 Å². The van der Waals surface area contributed by atoms with Crippen LogP contribution in [0.15, 0.2) is 108 Å². The topological polar surface area (TPSA) is 97.4 Å². The van der Waals surface area contributed by atoms with Gasteiger partial charge in [0.25, 0.3) is 11.8 Å². The van der Waals surface area contributed by atoms with Gasteiger partial charge in [0.1, 0.15) is 5.82 Å². The molecule has 0 unspecified atom stereocenters. The molecule has 0 radical (unpaired) electrons. The number of ether oxygens (including phenoxy) is 1. The average Bonchev–Trinajstić information content (AvgIpc) is 2.97. The molecule has 0 spiro atoms. The minimum atomic E-state index is -0.827. The number of nitrogens with zero attached hydrogens (tertiary/aromatic N) is 1. The fourth-order valence-corrected chi connectivity index (χ4v) is 4.40. The van der Waals surface area contributed by atoms with Gasteiger partial charge in [0.2, 0.25) is 0 Å². The molecular formula is C31H21BrFN3O4. The Bertz CT molecular complexity index is 1740. The number of esters is 1. The van der Waals surface area contributed by atoms with Crippen molar-refractivity contribution in [3.63, 3.8) is 0 Å². The Labute approximate surface area is 237 Å². The molecule has 198 valence electrons. The summed E-state index contributed by atoms with van der Waals surface area (Å²) >= 11 is 3.15. The second-order valence-electron chi connectivity index (χ2n) is 8.69. The van der Waals surface area contributed by atoms with Gasteiger partial charge in [-0.05, 0) is 42.5 Å². The van der Waals surface area contributed by atoms with Crippen LogP contribution >= 0.6 is 15.9 Å². The van der Waals surface area contributed by atoms with Crippen molar-refractivity contribution in [2.75, 3.05) is 17.2 Å². The van der Waals surface area contributed by atoms with Crippen LogP contribution in [0.1, 0.15) is 20.7 Å². The number of rotatable bonds is 7. The number of anilines is 2. The lowest BCUT2D eigenvalue weighted by molar-refractivity contribution is -0.119. The highest BCUT2D eigenvalue weighted by molar-refractivity contribution is 9.10. The first-order chi connectivity index (χ1) is 19.4. The number of carbonyl (C=O) groups excluding carboxylic acids is 3. The summed E-state index contributed by atoms with van der Waals surface area (Å²) in [5, 5.41) is 5.81. The molecule has 2 amide bonds. The van der Waals surface area contributed by atoms with E-state index in [0.717, 1.165) is 5.56 Å². The van der Waals surface area contributed by atoms with Gasteiger partial charge in [0, 0.05) is 15.4 Å². The normalized spacial score (nSPS) is 10.7. The van der Waals surface area contributed by atoms with Gasteiger partial charge in [-0.25, -0.2) is 14.2 Å². The zero-order valence-corrected chi connectivity index (χ0v) is 22.4. The van der Waals surface area contributed by atoms with E-state index in [0.29, 0.717) is 26.6 Å². The molecule has 0 saturated carbocycles. The van der Waals surface area contributed by atoms with Crippen molar-refractivity contribution >= 4 is 56.0 Å². The van der Waals surface area contributed by atoms with Crippen molar-refractivity contribution in [2.45, 2.75) is 0 Å². The number of nitrogens with one attached hydrogen (secondary N) is 2. The highest BCUT2D eigenvalue weighted by Crippen LogP contribution is 2.26. The van der Waals surface area contributed by atoms with Crippen molar-refractivity contribution in [1.82, 2.24) is 4.98 Å². The van der Waals surface area contributed by atoms with E-state index in [2.05, 4.69) is 26.6 Å². The fourth-order valence-electron chi connectivity index (χ4n) is 4.07. The number of fused-ring (bicyclic) bond motifs is 1. The van der Waals surface area contributed by atoms with E-state index in [1.807, 2.05) is 48.5 Å². The largest absolute Gasteiger partial charge is 0.452 e.